The molecule has 3 amide bonds. The van der Waals surface area contributed by atoms with E-state index in [0.717, 1.165) is 11.3 Å². The van der Waals surface area contributed by atoms with Crippen LogP contribution in [-0.4, -0.2) is 27.4 Å². The molecule has 0 aliphatic carbocycles. The van der Waals surface area contributed by atoms with Crippen molar-refractivity contribution in [2.45, 2.75) is 37.3 Å². The van der Waals surface area contributed by atoms with Gasteiger partial charge in [-0.2, -0.15) is 0 Å². The number of amides is 3. The molecule has 0 fully saturated rings. The van der Waals surface area contributed by atoms with Crippen molar-refractivity contribution in [2.24, 2.45) is 11.7 Å². The minimum absolute atomic E-state index is 0.00340. The molecule has 0 aliphatic heterocycles. The molecule has 1 unspecified atom stereocenters. The van der Waals surface area contributed by atoms with Crippen molar-refractivity contribution >= 4 is 45.9 Å². The first-order chi connectivity index (χ1) is 11.8. The molecule has 4 N–H and O–H groups in total. The van der Waals surface area contributed by atoms with Crippen LogP contribution >= 0.6 is 23.1 Å². The summed E-state index contributed by atoms with van der Waals surface area (Å²) in [6.07, 6.45) is 0. The first-order valence-corrected chi connectivity index (χ1v) is 9.41. The highest BCUT2D eigenvalue weighted by Gasteiger charge is 2.26. The number of anilines is 2. The van der Waals surface area contributed by atoms with Gasteiger partial charge in [-0.15, -0.1) is 10.2 Å². The summed E-state index contributed by atoms with van der Waals surface area (Å²) in [5.74, 6) is -0.421. The maximum Gasteiger partial charge on any atom is 0.318 e. The van der Waals surface area contributed by atoms with Gasteiger partial charge < -0.3 is 11.1 Å². The van der Waals surface area contributed by atoms with E-state index in [1.807, 2.05) is 45.9 Å². The van der Waals surface area contributed by atoms with Gasteiger partial charge >= 0.3 is 6.03 Å². The van der Waals surface area contributed by atoms with Crippen LogP contribution in [0.5, 0.6) is 0 Å². The van der Waals surface area contributed by atoms with Gasteiger partial charge in [-0.1, -0.05) is 49.1 Å². The van der Waals surface area contributed by atoms with Crippen molar-refractivity contribution in [3.63, 3.8) is 0 Å². The van der Waals surface area contributed by atoms with Gasteiger partial charge in [0.05, 0.1) is 5.25 Å². The monoisotopic (exact) mass is 379 g/mol. The predicted octanol–water partition coefficient (Wildman–Crippen LogP) is 3.21. The molecular formula is C16H21N5O2S2. The van der Waals surface area contributed by atoms with Crippen LogP contribution in [0.2, 0.25) is 0 Å². The van der Waals surface area contributed by atoms with E-state index in [4.69, 9.17) is 5.73 Å². The van der Waals surface area contributed by atoms with E-state index >= 15 is 0 Å². The second kappa shape index (κ2) is 8.30. The third-order valence-corrected chi connectivity index (χ3v) is 6.06. The average Bonchev–Trinajstić information content (AvgIpc) is 2.95. The molecule has 0 saturated heterocycles. The molecule has 1 aromatic heterocycles. The summed E-state index contributed by atoms with van der Waals surface area (Å²) in [5.41, 5.74) is 8.33. The van der Waals surface area contributed by atoms with E-state index in [9.17, 15) is 9.59 Å². The molecule has 0 radical (unpaired) electrons. The highest BCUT2D eigenvalue weighted by Crippen LogP contribution is 2.34. The average molecular weight is 380 g/mol. The van der Waals surface area contributed by atoms with E-state index in [0.29, 0.717) is 9.47 Å². The van der Waals surface area contributed by atoms with Gasteiger partial charge in [0.25, 0.3) is 0 Å². The maximum atomic E-state index is 12.1. The number of nitrogens with one attached hydrogen (secondary N) is 2. The largest absolute Gasteiger partial charge is 0.351 e. The van der Waals surface area contributed by atoms with Crippen molar-refractivity contribution in [3.8, 4) is 0 Å². The van der Waals surface area contributed by atoms with Gasteiger partial charge in [-0.3, -0.25) is 10.1 Å². The standard InChI is InChI=1S/C16H21N5O2S2/c1-8(2)12(13(22)19-14(17)23)24-16-21-20-15(25-16)18-11-7-5-6-9(3)10(11)4/h5-8,12H,1-4H3,(H,18,20)(H3,17,19,22,23). The lowest BCUT2D eigenvalue weighted by Gasteiger charge is -2.16. The first-order valence-electron chi connectivity index (χ1n) is 7.71. The van der Waals surface area contributed by atoms with Gasteiger partial charge in [0, 0.05) is 5.69 Å². The Balaban J connectivity index is 2.10. The number of nitrogens with two attached hydrogens (primary N) is 1. The smallest absolute Gasteiger partial charge is 0.318 e. The lowest BCUT2D eigenvalue weighted by Crippen LogP contribution is -2.42. The first kappa shape index (κ1) is 19.2. The Morgan fingerprint density at radius 2 is 1.96 bits per heavy atom. The van der Waals surface area contributed by atoms with E-state index < -0.39 is 17.2 Å². The third kappa shape index (κ3) is 5.17. The fourth-order valence-electron chi connectivity index (χ4n) is 2.10. The number of aryl methyl sites for hydroxylation is 1. The minimum Gasteiger partial charge on any atom is -0.351 e. The second-order valence-corrected chi connectivity index (χ2v) is 8.25. The van der Waals surface area contributed by atoms with E-state index in [-0.39, 0.29) is 5.92 Å². The minimum atomic E-state index is -0.856. The van der Waals surface area contributed by atoms with Crippen molar-refractivity contribution < 1.29 is 9.59 Å². The number of hydrogen-bond acceptors (Lipinski definition) is 7. The van der Waals surface area contributed by atoms with Crippen molar-refractivity contribution in [1.29, 1.82) is 0 Å². The highest BCUT2D eigenvalue weighted by atomic mass is 32.2. The van der Waals surface area contributed by atoms with Crippen LogP contribution in [0.25, 0.3) is 0 Å². The van der Waals surface area contributed by atoms with Crippen LogP contribution in [0, 0.1) is 19.8 Å². The SMILES string of the molecule is Cc1cccc(Nc2nnc(SC(C(=O)NC(N)=O)C(C)C)s2)c1C. The van der Waals surface area contributed by atoms with Crippen LogP contribution in [0.15, 0.2) is 22.5 Å². The molecule has 1 atom stereocenters. The Morgan fingerprint density at radius 3 is 2.60 bits per heavy atom. The zero-order valence-electron chi connectivity index (χ0n) is 14.5. The maximum absolute atomic E-state index is 12.1. The molecule has 0 bridgehead atoms. The molecule has 1 aromatic carbocycles. The topological polar surface area (TPSA) is 110 Å². The van der Waals surface area contributed by atoms with E-state index in [2.05, 4.69) is 20.8 Å². The molecule has 25 heavy (non-hydrogen) atoms. The van der Waals surface area contributed by atoms with Crippen molar-refractivity contribution in [3.05, 3.63) is 29.3 Å². The molecule has 7 nitrogen and oxygen atoms in total. The lowest BCUT2D eigenvalue weighted by molar-refractivity contribution is -0.120. The van der Waals surface area contributed by atoms with Gasteiger partial charge in [-0.05, 0) is 37.0 Å². The zero-order chi connectivity index (χ0) is 18.6. The number of thioether (sulfide) groups is 1. The molecule has 0 aliphatic rings. The number of carbonyl (C=O) groups is 2. The molecule has 0 spiro atoms. The van der Waals surface area contributed by atoms with Gasteiger partial charge in [0.2, 0.25) is 11.0 Å². The molecule has 134 valence electrons. The number of nitrogens with zero attached hydrogens (tertiary/aromatic N) is 2. The van der Waals surface area contributed by atoms with Crippen molar-refractivity contribution in [2.75, 3.05) is 5.32 Å². The van der Waals surface area contributed by atoms with Crippen LogP contribution in [-0.2, 0) is 4.79 Å². The Hall–Kier alpha value is -2.13. The molecule has 1 heterocycles. The van der Waals surface area contributed by atoms with Crippen LogP contribution in [0.3, 0.4) is 0 Å². The fraction of sp³-hybridized carbons (Fsp3) is 0.375. The summed E-state index contributed by atoms with van der Waals surface area (Å²) in [7, 11) is 0. The Morgan fingerprint density at radius 1 is 1.24 bits per heavy atom. The second-order valence-electron chi connectivity index (χ2n) is 5.88. The van der Waals surface area contributed by atoms with Crippen LogP contribution < -0.4 is 16.4 Å². The number of primary amides is 1. The Bertz CT molecular complexity index is 776. The number of benzene rings is 1. The van der Waals surface area contributed by atoms with E-state index in [1.165, 1.54) is 28.7 Å². The summed E-state index contributed by atoms with van der Waals surface area (Å²) < 4.78 is 0.645. The Kier molecular flexibility index (Phi) is 6.38. The number of imide groups is 1. The molecular weight excluding hydrogens is 358 g/mol. The van der Waals surface area contributed by atoms with Gasteiger partial charge in [-0.25, -0.2) is 4.79 Å². The molecule has 9 heteroatoms. The summed E-state index contributed by atoms with van der Waals surface area (Å²) in [6.45, 7) is 7.88. The molecule has 0 saturated carbocycles. The van der Waals surface area contributed by atoms with Crippen molar-refractivity contribution in [1.82, 2.24) is 15.5 Å². The number of rotatable bonds is 6. The number of urea groups is 1. The zero-order valence-corrected chi connectivity index (χ0v) is 16.1. The van der Waals surface area contributed by atoms with E-state index in [1.54, 1.807) is 0 Å². The predicted molar refractivity (Wildman–Crippen MR) is 101 cm³/mol. The normalized spacial score (nSPS) is 12.0. The summed E-state index contributed by atoms with van der Waals surface area (Å²) in [5, 5.41) is 13.8. The molecule has 2 aromatic rings. The number of hydrogen-bond donors (Lipinski definition) is 3. The Labute approximate surface area is 154 Å². The summed E-state index contributed by atoms with van der Waals surface area (Å²) >= 11 is 2.63. The van der Waals surface area contributed by atoms with Gasteiger partial charge in [0.1, 0.15) is 0 Å². The van der Waals surface area contributed by atoms with Crippen LogP contribution in [0.4, 0.5) is 15.6 Å². The lowest BCUT2D eigenvalue weighted by atomic mass is 10.1. The number of aromatic nitrogens is 2. The number of carbonyl (C=O) groups excluding carboxylic acids is 2. The third-order valence-electron chi connectivity index (χ3n) is 3.59. The fourth-order valence-corrected chi connectivity index (χ4v) is 4.08. The summed E-state index contributed by atoms with van der Waals surface area (Å²) in [6, 6.07) is 5.15. The highest BCUT2D eigenvalue weighted by molar-refractivity contribution is 8.02. The molecule has 2 rings (SSSR count). The van der Waals surface area contributed by atoms with Gasteiger partial charge in [0.15, 0.2) is 4.34 Å². The van der Waals surface area contributed by atoms with Crippen LogP contribution in [0.1, 0.15) is 25.0 Å². The quantitative estimate of drug-likeness (QED) is 0.665. The summed E-state index contributed by atoms with van der Waals surface area (Å²) in [4.78, 5) is 23.0.